The maximum atomic E-state index is 12.9. The van der Waals surface area contributed by atoms with Gasteiger partial charge in [0.2, 0.25) is 5.88 Å². The van der Waals surface area contributed by atoms with Gasteiger partial charge >= 0.3 is 12.1 Å². The lowest BCUT2D eigenvalue weighted by atomic mass is 10.1. The molecule has 6 nitrogen and oxygen atoms in total. The summed E-state index contributed by atoms with van der Waals surface area (Å²) < 4.78 is 43.1. The number of hydrogen-bond donors (Lipinski definition) is 1. The smallest absolute Gasteiger partial charge is 0.493 e. The summed E-state index contributed by atoms with van der Waals surface area (Å²) in [5.74, 6) is -0.754. The minimum Gasteiger partial charge on any atom is -0.493 e. The SMILES string of the molecule is Cc1cccc2c(Cn3cc(O)n(-c4ccc(OC(F)(F)F)cc4)c3=O)ccnc12. The highest BCUT2D eigenvalue weighted by Crippen LogP contribution is 2.25. The molecule has 1 N–H and O–H groups in total. The van der Waals surface area contributed by atoms with Gasteiger partial charge in [-0.15, -0.1) is 13.2 Å². The average Bonchev–Trinajstić information content (AvgIpc) is 2.95. The monoisotopic (exact) mass is 415 g/mol. The highest BCUT2D eigenvalue weighted by molar-refractivity contribution is 5.84. The molecule has 2 heterocycles. The van der Waals surface area contributed by atoms with Gasteiger partial charge in [-0.2, -0.15) is 0 Å². The second-order valence-corrected chi connectivity index (χ2v) is 6.72. The average molecular weight is 415 g/mol. The van der Waals surface area contributed by atoms with E-state index in [9.17, 15) is 23.1 Å². The summed E-state index contributed by atoms with van der Waals surface area (Å²) in [4.78, 5) is 17.2. The molecule has 0 spiro atoms. The highest BCUT2D eigenvalue weighted by Gasteiger charge is 2.31. The highest BCUT2D eigenvalue weighted by atomic mass is 19.4. The van der Waals surface area contributed by atoms with Gasteiger partial charge in [-0.25, -0.2) is 9.36 Å². The molecule has 0 saturated heterocycles. The summed E-state index contributed by atoms with van der Waals surface area (Å²) in [5, 5.41) is 11.2. The summed E-state index contributed by atoms with van der Waals surface area (Å²) in [6, 6.07) is 12.2. The molecular formula is C21H16F3N3O3. The van der Waals surface area contributed by atoms with Crippen molar-refractivity contribution >= 4 is 10.9 Å². The fraction of sp³-hybridized carbons (Fsp3) is 0.143. The third-order valence-corrected chi connectivity index (χ3v) is 4.67. The normalized spacial score (nSPS) is 11.7. The van der Waals surface area contributed by atoms with Crippen LogP contribution in [0.5, 0.6) is 11.6 Å². The van der Waals surface area contributed by atoms with Crippen LogP contribution in [-0.4, -0.2) is 25.6 Å². The number of fused-ring (bicyclic) bond motifs is 1. The first kappa shape index (κ1) is 19.6. The molecular weight excluding hydrogens is 399 g/mol. The van der Waals surface area contributed by atoms with Crippen molar-refractivity contribution in [3.8, 4) is 17.3 Å². The van der Waals surface area contributed by atoms with Crippen LogP contribution in [0.15, 0.2) is 65.7 Å². The summed E-state index contributed by atoms with van der Waals surface area (Å²) in [6.07, 6.45) is -1.87. The van der Waals surface area contributed by atoms with Crippen LogP contribution < -0.4 is 10.4 Å². The van der Waals surface area contributed by atoms with Crippen LogP contribution in [0.25, 0.3) is 16.6 Å². The molecule has 0 aliphatic rings. The number of aromatic nitrogens is 3. The zero-order chi connectivity index (χ0) is 21.5. The zero-order valence-corrected chi connectivity index (χ0v) is 15.7. The Morgan fingerprint density at radius 2 is 1.83 bits per heavy atom. The lowest BCUT2D eigenvalue weighted by Crippen LogP contribution is -2.23. The standard InChI is InChI=1S/C21H16F3N3O3/c1-13-3-2-4-17-14(9-10-25-19(13)17)11-26-12-18(28)27(20(26)29)15-5-7-16(8-6-15)30-21(22,23)24/h2-10,12,28H,11H2,1H3. The van der Waals surface area contributed by atoms with E-state index in [4.69, 9.17) is 0 Å². The van der Waals surface area contributed by atoms with Crippen molar-refractivity contribution in [2.24, 2.45) is 0 Å². The Labute approximate surface area is 168 Å². The molecule has 4 rings (SSSR count). The Morgan fingerprint density at radius 1 is 1.10 bits per heavy atom. The van der Waals surface area contributed by atoms with Crippen molar-refractivity contribution in [1.29, 1.82) is 0 Å². The molecule has 2 aromatic carbocycles. The predicted octanol–water partition coefficient (Wildman–Crippen LogP) is 4.15. The van der Waals surface area contributed by atoms with E-state index < -0.39 is 17.8 Å². The number of aromatic hydroxyl groups is 1. The van der Waals surface area contributed by atoms with E-state index in [1.807, 2.05) is 25.1 Å². The van der Waals surface area contributed by atoms with Gasteiger partial charge in [-0.3, -0.25) is 9.55 Å². The van der Waals surface area contributed by atoms with Gasteiger partial charge in [0.1, 0.15) is 5.75 Å². The Hall–Kier alpha value is -3.75. The molecule has 0 bridgehead atoms. The first-order valence-corrected chi connectivity index (χ1v) is 8.93. The van der Waals surface area contributed by atoms with E-state index in [1.165, 1.54) is 22.9 Å². The van der Waals surface area contributed by atoms with Crippen LogP contribution in [0, 0.1) is 6.92 Å². The molecule has 9 heteroatoms. The summed E-state index contributed by atoms with van der Waals surface area (Å²) in [5.41, 5.74) is 2.35. The fourth-order valence-corrected chi connectivity index (χ4v) is 3.33. The third kappa shape index (κ3) is 3.73. The number of hydrogen-bond acceptors (Lipinski definition) is 4. The number of ether oxygens (including phenoxy) is 1. The van der Waals surface area contributed by atoms with Crippen molar-refractivity contribution in [2.75, 3.05) is 0 Å². The van der Waals surface area contributed by atoms with Crippen LogP contribution in [0.4, 0.5) is 13.2 Å². The van der Waals surface area contributed by atoms with Crippen molar-refractivity contribution < 1.29 is 23.0 Å². The second kappa shape index (κ2) is 7.25. The van der Waals surface area contributed by atoms with Crippen molar-refractivity contribution in [1.82, 2.24) is 14.1 Å². The summed E-state index contributed by atoms with van der Waals surface area (Å²) >= 11 is 0. The van der Waals surface area contributed by atoms with E-state index in [2.05, 4.69) is 9.72 Å². The van der Waals surface area contributed by atoms with E-state index in [-0.39, 0.29) is 18.1 Å². The second-order valence-electron chi connectivity index (χ2n) is 6.72. The van der Waals surface area contributed by atoms with Gasteiger partial charge in [0.15, 0.2) is 0 Å². The molecule has 0 aliphatic heterocycles. The van der Waals surface area contributed by atoms with Gasteiger partial charge in [-0.1, -0.05) is 18.2 Å². The number of para-hydroxylation sites is 1. The molecule has 0 amide bonds. The summed E-state index contributed by atoms with van der Waals surface area (Å²) in [7, 11) is 0. The Balaban J connectivity index is 1.69. The fourth-order valence-electron chi connectivity index (χ4n) is 3.33. The van der Waals surface area contributed by atoms with Crippen molar-refractivity contribution in [3.63, 3.8) is 0 Å². The molecule has 0 saturated carbocycles. The number of aryl methyl sites for hydroxylation is 1. The molecule has 30 heavy (non-hydrogen) atoms. The number of rotatable bonds is 4. The number of alkyl halides is 3. The maximum absolute atomic E-state index is 12.9. The summed E-state index contributed by atoms with van der Waals surface area (Å²) in [6.45, 7) is 2.14. The molecule has 0 radical (unpaired) electrons. The Bertz CT molecular complexity index is 1270. The van der Waals surface area contributed by atoms with Crippen molar-refractivity contribution in [2.45, 2.75) is 19.8 Å². The Kier molecular flexibility index (Phi) is 4.73. The van der Waals surface area contributed by atoms with E-state index in [0.717, 1.165) is 38.7 Å². The maximum Gasteiger partial charge on any atom is 0.573 e. The van der Waals surface area contributed by atoms with E-state index >= 15 is 0 Å². The predicted molar refractivity (Wildman–Crippen MR) is 104 cm³/mol. The molecule has 0 aliphatic carbocycles. The van der Waals surface area contributed by atoms with Gasteiger partial charge in [-0.05, 0) is 48.4 Å². The minimum absolute atomic E-state index is 0.192. The van der Waals surface area contributed by atoms with Gasteiger partial charge in [0, 0.05) is 11.6 Å². The lowest BCUT2D eigenvalue weighted by molar-refractivity contribution is -0.274. The molecule has 154 valence electrons. The molecule has 4 aromatic rings. The van der Waals surface area contributed by atoms with Gasteiger partial charge < -0.3 is 9.84 Å². The third-order valence-electron chi connectivity index (χ3n) is 4.67. The van der Waals surface area contributed by atoms with E-state index in [0.29, 0.717) is 0 Å². The number of halogens is 3. The number of pyridine rings is 1. The zero-order valence-electron chi connectivity index (χ0n) is 15.7. The first-order chi connectivity index (χ1) is 14.2. The van der Waals surface area contributed by atoms with E-state index in [1.54, 1.807) is 12.3 Å². The molecule has 0 atom stereocenters. The minimum atomic E-state index is -4.81. The van der Waals surface area contributed by atoms with Crippen LogP contribution in [0.1, 0.15) is 11.1 Å². The van der Waals surface area contributed by atoms with Crippen LogP contribution in [0.2, 0.25) is 0 Å². The number of imidazole rings is 1. The van der Waals surface area contributed by atoms with Crippen LogP contribution >= 0.6 is 0 Å². The first-order valence-electron chi connectivity index (χ1n) is 8.93. The topological polar surface area (TPSA) is 69.3 Å². The number of benzene rings is 2. The molecule has 0 fully saturated rings. The van der Waals surface area contributed by atoms with Crippen LogP contribution in [-0.2, 0) is 6.54 Å². The van der Waals surface area contributed by atoms with Crippen molar-refractivity contribution in [3.05, 3.63) is 82.5 Å². The van der Waals surface area contributed by atoms with Gasteiger partial charge in [0.05, 0.1) is 23.9 Å². The Morgan fingerprint density at radius 3 is 2.53 bits per heavy atom. The largest absolute Gasteiger partial charge is 0.573 e. The quantitative estimate of drug-likeness (QED) is 0.544. The van der Waals surface area contributed by atoms with Gasteiger partial charge in [0.25, 0.3) is 0 Å². The number of nitrogens with zero attached hydrogens (tertiary/aromatic N) is 3. The lowest BCUT2D eigenvalue weighted by Gasteiger charge is -2.10. The molecule has 0 unspecified atom stereocenters. The van der Waals surface area contributed by atoms with Crippen LogP contribution in [0.3, 0.4) is 0 Å². The molecule has 2 aromatic heterocycles.